The number of nitrogens with one attached hydrogen (secondary N) is 1. The molecule has 134 valence electrons. The van der Waals surface area contributed by atoms with Crippen LogP contribution in [0.2, 0.25) is 0 Å². The first-order valence-corrected chi connectivity index (χ1v) is 8.95. The predicted octanol–water partition coefficient (Wildman–Crippen LogP) is 3.38. The van der Waals surface area contributed by atoms with Gasteiger partial charge in [-0.2, -0.15) is 0 Å². The fourth-order valence-electron chi connectivity index (χ4n) is 3.55. The van der Waals surface area contributed by atoms with Gasteiger partial charge in [-0.25, -0.2) is 19.3 Å². The number of hydrogen-bond donors (Lipinski definition) is 1. The van der Waals surface area contributed by atoms with Crippen molar-refractivity contribution in [3.63, 3.8) is 0 Å². The number of aryl methyl sites for hydroxylation is 1. The van der Waals surface area contributed by atoms with E-state index in [-0.39, 0.29) is 5.82 Å². The Balaban J connectivity index is 1.37. The zero-order valence-electron chi connectivity index (χ0n) is 14.8. The third-order valence-corrected chi connectivity index (χ3v) is 4.86. The zero-order valence-corrected chi connectivity index (χ0v) is 14.8. The molecule has 3 heterocycles. The van der Waals surface area contributed by atoms with Crippen LogP contribution in [-0.2, 0) is 13.0 Å². The molecule has 0 amide bonds. The Bertz CT molecular complexity index is 874. The Morgan fingerprint density at radius 2 is 2.04 bits per heavy atom. The molecule has 6 heteroatoms. The molecule has 1 aromatic carbocycles. The molecule has 1 atom stereocenters. The number of hydrogen-bond acceptors (Lipinski definition) is 4. The number of rotatable bonds is 5. The van der Waals surface area contributed by atoms with Crippen molar-refractivity contribution in [1.29, 1.82) is 0 Å². The van der Waals surface area contributed by atoms with Crippen molar-refractivity contribution in [3.8, 4) is 11.5 Å². The van der Waals surface area contributed by atoms with Gasteiger partial charge in [0.05, 0.1) is 0 Å². The minimum atomic E-state index is -0.181. The smallest absolute Gasteiger partial charge is 0.156 e. The summed E-state index contributed by atoms with van der Waals surface area (Å²) >= 11 is 0. The van der Waals surface area contributed by atoms with Crippen LogP contribution in [0.1, 0.15) is 23.4 Å². The van der Waals surface area contributed by atoms with Gasteiger partial charge < -0.3 is 4.98 Å². The van der Waals surface area contributed by atoms with Crippen molar-refractivity contribution >= 4 is 0 Å². The van der Waals surface area contributed by atoms with Crippen LogP contribution in [0.5, 0.6) is 0 Å². The summed E-state index contributed by atoms with van der Waals surface area (Å²) in [6.45, 7) is 4.96. The Hall–Kier alpha value is -2.60. The summed E-state index contributed by atoms with van der Waals surface area (Å²) in [5.41, 5.74) is 4.07. The Labute approximate surface area is 152 Å². The van der Waals surface area contributed by atoms with E-state index in [0.717, 1.165) is 60.9 Å². The van der Waals surface area contributed by atoms with Gasteiger partial charge in [0.15, 0.2) is 5.82 Å². The number of likely N-dealkylation sites (tertiary alicyclic amines) is 1. The number of benzene rings is 1. The van der Waals surface area contributed by atoms with Crippen LogP contribution in [-0.4, -0.2) is 37.9 Å². The highest BCUT2D eigenvalue weighted by atomic mass is 19.1. The molecule has 3 aromatic rings. The van der Waals surface area contributed by atoms with Crippen molar-refractivity contribution in [3.05, 3.63) is 65.6 Å². The van der Waals surface area contributed by atoms with Gasteiger partial charge in [-0.3, -0.25) is 4.90 Å². The maximum absolute atomic E-state index is 13.0. The van der Waals surface area contributed by atoms with Crippen molar-refractivity contribution < 1.29 is 4.39 Å². The predicted molar refractivity (Wildman–Crippen MR) is 97.8 cm³/mol. The maximum Gasteiger partial charge on any atom is 0.156 e. The van der Waals surface area contributed by atoms with E-state index in [0.29, 0.717) is 5.92 Å². The summed E-state index contributed by atoms with van der Waals surface area (Å²) < 4.78 is 13.0. The zero-order chi connectivity index (χ0) is 17.9. The molecule has 0 spiro atoms. The lowest BCUT2D eigenvalue weighted by Crippen LogP contribution is -2.20. The Morgan fingerprint density at radius 3 is 2.81 bits per heavy atom. The normalized spacial score (nSPS) is 17.7. The van der Waals surface area contributed by atoms with E-state index in [9.17, 15) is 4.39 Å². The molecule has 2 aromatic heterocycles. The summed E-state index contributed by atoms with van der Waals surface area (Å²) in [4.78, 5) is 18.8. The molecular weight excluding hydrogens is 329 g/mol. The van der Waals surface area contributed by atoms with E-state index in [2.05, 4.69) is 24.8 Å². The highest BCUT2D eigenvalue weighted by Crippen LogP contribution is 2.23. The second-order valence-electron chi connectivity index (χ2n) is 7.03. The first-order chi connectivity index (χ1) is 12.7. The summed E-state index contributed by atoms with van der Waals surface area (Å²) in [5.74, 6) is 1.19. The number of aromatic amines is 1. The molecule has 0 radical (unpaired) electrons. The third kappa shape index (κ3) is 3.96. The van der Waals surface area contributed by atoms with Crippen molar-refractivity contribution in [1.82, 2.24) is 24.8 Å². The van der Waals surface area contributed by atoms with E-state index < -0.39 is 0 Å². The lowest BCUT2D eigenvalue weighted by atomic mass is 10.0. The van der Waals surface area contributed by atoms with E-state index >= 15 is 0 Å². The molecule has 1 aliphatic rings. The van der Waals surface area contributed by atoms with E-state index in [1.54, 1.807) is 12.5 Å². The Morgan fingerprint density at radius 1 is 1.19 bits per heavy atom. The molecule has 0 aliphatic carbocycles. The average Bonchev–Trinajstić information content (AvgIpc) is 3.26. The molecule has 1 fully saturated rings. The molecule has 1 aliphatic heterocycles. The van der Waals surface area contributed by atoms with Crippen LogP contribution >= 0.6 is 0 Å². The summed E-state index contributed by atoms with van der Waals surface area (Å²) in [6, 6.07) is 8.82. The minimum Gasteiger partial charge on any atom is -0.341 e. The van der Waals surface area contributed by atoms with Gasteiger partial charge in [0.2, 0.25) is 0 Å². The third-order valence-electron chi connectivity index (χ3n) is 4.86. The molecule has 26 heavy (non-hydrogen) atoms. The molecule has 1 N–H and O–H groups in total. The van der Waals surface area contributed by atoms with Gasteiger partial charge in [-0.15, -0.1) is 0 Å². The second-order valence-corrected chi connectivity index (χ2v) is 7.03. The monoisotopic (exact) mass is 351 g/mol. The van der Waals surface area contributed by atoms with Crippen LogP contribution in [0, 0.1) is 18.7 Å². The number of aromatic nitrogens is 4. The molecule has 5 nitrogen and oxygen atoms in total. The molecule has 1 saturated heterocycles. The summed E-state index contributed by atoms with van der Waals surface area (Å²) in [6.07, 6.45) is 5.52. The average molecular weight is 351 g/mol. The van der Waals surface area contributed by atoms with E-state index in [4.69, 9.17) is 0 Å². The largest absolute Gasteiger partial charge is 0.341 e. The second kappa shape index (κ2) is 7.33. The molecule has 0 bridgehead atoms. The van der Waals surface area contributed by atoms with Crippen LogP contribution in [0.25, 0.3) is 11.5 Å². The molecular formula is C20H22FN5. The number of nitrogens with zero attached hydrogens (tertiary/aromatic N) is 4. The van der Waals surface area contributed by atoms with Gasteiger partial charge in [0, 0.05) is 30.7 Å². The minimum absolute atomic E-state index is 0.181. The summed E-state index contributed by atoms with van der Waals surface area (Å²) in [7, 11) is 0. The highest BCUT2D eigenvalue weighted by Gasteiger charge is 2.23. The first kappa shape index (κ1) is 16.8. The molecule has 4 rings (SSSR count). The summed E-state index contributed by atoms with van der Waals surface area (Å²) in [5, 5.41) is 0. The Kier molecular flexibility index (Phi) is 4.75. The van der Waals surface area contributed by atoms with Gasteiger partial charge in [-0.1, -0.05) is 12.1 Å². The van der Waals surface area contributed by atoms with E-state index in [1.807, 2.05) is 25.1 Å². The lowest BCUT2D eigenvalue weighted by molar-refractivity contribution is 0.316. The quantitative estimate of drug-likeness (QED) is 0.766. The first-order valence-electron chi connectivity index (χ1n) is 8.95. The number of halogens is 1. The standard InChI is InChI=1S/C20H22FN5/c1-14-10-22-20(25-14)19-9-18(23-13-24-19)8-16-6-7-26(12-16)11-15-2-4-17(21)5-3-15/h2-5,9-10,13,16H,6-8,11-12H2,1H3,(H,22,25)/t16-/m1/s1. The van der Waals surface area contributed by atoms with Crippen molar-refractivity contribution in [2.45, 2.75) is 26.3 Å². The molecule has 0 saturated carbocycles. The van der Waals surface area contributed by atoms with Gasteiger partial charge in [-0.05, 0) is 56.0 Å². The molecule has 0 unspecified atom stereocenters. The topological polar surface area (TPSA) is 57.7 Å². The van der Waals surface area contributed by atoms with Crippen LogP contribution in [0.3, 0.4) is 0 Å². The fourth-order valence-corrected chi connectivity index (χ4v) is 3.55. The van der Waals surface area contributed by atoms with E-state index in [1.165, 1.54) is 12.1 Å². The van der Waals surface area contributed by atoms with Gasteiger partial charge in [0.1, 0.15) is 17.8 Å². The maximum atomic E-state index is 13.0. The van der Waals surface area contributed by atoms with Crippen LogP contribution in [0.15, 0.2) is 42.9 Å². The van der Waals surface area contributed by atoms with Crippen molar-refractivity contribution in [2.24, 2.45) is 5.92 Å². The SMILES string of the molecule is Cc1cnc(-c2cc(C[C@H]3CCN(Cc4ccc(F)cc4)C3)ncn2)[nH]1. The van der Waals surface area contributed by atoms with Gasteiger partial charge >= 0.3 is 0 Å². The van der Waals surface area contributed by atoms with Crippen LogP contribution in [0.4, 0.5) is 4.39 Å². The van der Waals surface area contributed by atoms with Gasteiger partial charge in [0.25, 0.3) is 0 Å². The number of H-pyrrole nitrogens is 1. The number of imidazole rings is 1. The van der Waals surface area contributed by atoms with Crippen LogP contribution < -0.4 is 0 Å². The highest BCUT2D eigenvalue weighted by molar-refractivity contribution is 5.49. The van der Waals surface area contributed by atoms with Crippen molar-refractivity contribution in [2.75, 3.05) is 13.1 Å². The fraction of sp³-hybridized carbons (Fsp3) is 0.350. The lowest BCUT2D eigenvalue weighted by Gasteiger charge is -2.16.